The number of hydrogen-bond donors (Lipinski definition) is 2. The van der Waals surface area contributed by atoms with Crippen molar-refractivity contribution in [3.05, 3.63) is 0 Å². The Bertz CT molecular complexity index is 93.6. The summed E-state index contributed by atoms with van der Waals surface area (Å²) in [4.78, 5) is 16.7. The first-order chi connectivity index (χ1) is 5.85. The fourth-order valence-electron chi connectivity index (χ4n) is 0.294. The van der Waals surface area contributed by atoms with E-state index in [2.05, 4.69) is 18.7 Å². The van der Waals surface area contributed by atoms with E-state index in [1.165, 1.54) is 0 Å². The van der Waals surface area contributed by atoms with E-state index in [1.54, 1.807) is 0 Å². The monoisotopic (exact) mass is 238 g/mol. The lowest BCUT2D eigenvalue weighted by Gasteiger charge is -2.09. The van der Waals surface area contributed by atoms with Crippen molar-refractivity contribution in [2.75, 3.05) is 13.0 Å². The predicted molar refractivity (Wildman–Crippen MR) is 41.5 cm³/mol. The minimum atomic E-state index is -1.94. The molecular formula is C2H6O6Si4. The molecule has 0 aliphatic rings. The van der Waals surface area contributed by atoms with Crippen LogP contribution in [0.3, 0.4) is 0 Å². The quantitative estimate of drug-likeness (QED) is 0.270. The smallest absolute Gasteiger partial charge is 0.430 e. The summed E-state index contributed by atoms with van der Waals surface area (Å²) in [6.07, 6.45) is 0.221. The van der Waals surface area contributed by atoms with Gasteiger partial charge in [0.15, 0.2) is 0 Å². The van der Waals surface area contributed by atoms with E-state index in [1.807, 2.05) is 0 Å². The summed E-state index contributed by atoms with van der Waals surface area (Å²) in [5.41, 5.74) is 0. The van der Waals surface area contributed by atoms with E-state index in [-0.39, 0.29) is 22.8 Å². The predicted octanol–water partition coefficient (Wildman–Crippen LogP) is -2.83. The van der Waals surface area contributed by atoms with Crippen molar-refractivity contribution >= 4 is 39.8 Å². The first-order valence-electron chi connectivity index (χ1n) is 2.69. The zero-order valence-electron chi connectivity index (χ0n) is 5.94. The van der Waals surface area contributed by atoms with Crippen LogP contribution in [0.2, 0.25) is 0 Å². The third kappa shape index (κ3) is 7.29. The number of hydrogen-bond acceptors (Lipinski definition) is 6. The van der Waals surface area contributed by atoms with Crippen LogP contribution in [0, 0.1) is 0 Å². The van der Waals surface area contributed by atoms with Gasteiger partial charge in [-0.1, -0.05) is 0 Å². The number of ether oxygens (including phenoxy) is 1. The van der Waals surface area contributed by atoms with Crippen molar-refractivity contribution in [2.45, 2.75) is 0 Å². The highest BCUT2D eigenvalue weighted by Crippen LogP contribution is 1.88. The molecule has 6 nitrogen and oxygen atoms in total. The molecule has 8 radical (unpaired) electrons. The molecule has 0 heterocycles. The van der Waals surface area contributed by atoms with Gasteiger partial charge in [0.05, 0.1) is 6.23 Å². The summed E-state index contributed by atoms with van der Waals surface area (Å²) in [7, 11) is -0.177. The van der Waals surface area contributed by atoms with Gasteiger partial charge in [-0.15, -0.1) is 0 Å². The Kier molecular flexibility index (Phi) is 10.2. The fraction of sp³-hybridized carbons (Fsp3) is 1.00. The maximum Gasteiger partial charge on any atom is 0.558 e. The van der Waals surface area contributed by atoms with Crippen LogP contribution in [0.15, 0.2) is 0 Å². The standard InChI is InChI=1S/C2H6O6Si4/c3-10-2-5-1-6-12(7-9)8-11-4/h3-4H,1-2H2. The Morgan fingerprint density at radius 2 is 2.17 bits per heavy atom. The highest BCUT2D eigenvalue weighted by Gasteiger charge is 2.16. The second-order valence-corrected chi connectivity index (χ2v) is 4.52. The normalized spacial score (nSPS) is 11.0. The van der Waals surface area contributed by atoms with Crippen molar-refractivity contribution in [3.63, 3.8) is 0 Å². The van der Waals surface area contributed by atoms with Gasteiger partial charge in [0.25, 0.3) is 9.76 Å². The van der Waals surface area contributed by atoms with Crippen LogP contribution >= 0.6 is 0 Å². The lowest BCUT2D eigenvalue weighted by molar-refractivity contribution is 0.0105. The summed E-state index contributed by atoms with van der Waals surface area (Å²) in [6.45, 7) is -0.0309. The van der Waals surface area contributed by atoms with E-state index in [4.69, 9.17) is 18.8 Å². The van der Waals surface area contributed by atoms with Crippen LogP contribution in [0.4, 0.5) is 0 Å². The molecule has 0 unspecified atom stereocenters. The maximum atomic E-state index is 8.34. The van der Waals surface area contributed by atoms with Crippen molar-refractivity contribution < 1.29 is 27.0 Å². The lowest BCUT2D eigenvalue weighted by atomic mass is 11.4. The highest BCUT2D eigenvalue weighted by molar-refractivity contribution is 6.48. The fourth-order valence-corrected chi connectivity index (χ4v) is 1.96. The summed E-state index contributed by atoms with van der Waals surface area (Å²) in [6, 6.07) is 0. The molecule has 0 fully saturated rings. The SMILES string of the molecule is O[Si]COCO[Si](O[Si])O[Si]O. The maximum absolute atomic E-state index is 8.34. The lowest BCUT2D eigenvalue weighted by Crippen LogP contribution is -2.29. The molecule has 0 aliphatic heterocycles. The Morgan fingerprint density at radius 3 is 2.67 bits per heavy atom. The summed E-state index contributed by atoms with van der Waals surface area (Å²) >= 11 is 0. The summed E-state index contributed by atoms with van der Waals surface area (Å²) < 4.78 is 18.8. The van der Waals surface area contributed by atoms with Gasteiger partial charge in [-0.05, 0) is 0 Å². The molecule has 0 atom stereocenters. The van der Waals surface area contributed by atoms with Gasteiger partial charge in [-0.2, -0.15) is 0 Å². The topological polar surface area (TPSA) is 77.4 Å². The van der Waals surface area contributed by atoms with E-state index in [0.717, 1.165) is 0 Å². The first-order valence-corrected chi connectivity index (χ1v) is 6.33. The third-order valence-corrected chi connectivity index (χ3v) is 3.02. The van der Waals surface area contributed by atoms with Gasteiger partial charge in [0, 0.05) is 0 Å². The molecule has 0 amide bonds. The van der Waals surface area contributed by atoms with Gasteiger partial charge in [-0.3, -0.25) is 0 Å². The molecule has 0 bridgehead atoms. The Hall–Kier alpha value is 0.628. The van der Waals surface area contributed by atoms with Crippen molar-refractivity contribution in [1.29, 1.82) is 0 Å². The molecule has 0 aromatic heterocycles. The molecular weight excluding hydrogens is 232 g/mol. The van der Waals surface area contributed by atoms with E-state index >= 15 is 0 Å². The van der Waals surface area contributed by atoms with Crippen LogP contribution in [-0.4, -0.2) is 62.4 Å². The second kappa shape index (κ2) is 9.71. The zero-order valence-corrected chi connectivity index (χ0v) is 9.94. The molecule has 0 rings (SSSR count). The van der Waals surface area contributed by atoms with Crippen LogP contribution in [0.1, 0.15) is 0 Å². The Labute approximate surface area is 80.3 Å². The molecule has 0 saturated heterocycles. The van der Waals surface area contributed by atoms with Gasteiger partial charge >= 0.3 is 19.5 Å². The van der Waals surface area contributed by atoms with Crippen LogP contribution in [0.25, 0.3) is 0 Å². The molecule has 66 valence electrons. The average Bonchev–Trinajstić information content (AvgIpc) is 2.10. The molecule has 0 aliphatic carbocycles. The van der Waals surface area contributed by atoms with Gasteiger partial charge < -0.3 is 27.0 Å². The van der Waals surface area contributed by atoms with Gasteiger partial charge in [0.2, 0.25) is 10.5 Å². The highest BCUT2D eigenvalue weighted by atomic mass is 28.4. The molecule has 10 heteroatoms. The van der Waals surface area contributed by atoms with Gasteiger partial charge in [-0.25, -0.2) is 0 Å². The van der Waals surface area contributed by atoms with Gasteiger partial charge in [0.1, 0.15) is 6.79 Å². The van der Waals surface area contributed by atoms with Crippen molar-refractivity contribution in [3.8, 4) is 0 Å². The largest absolute Gasteiger partial charge is 0.558 e. The average molecular weight is 238 g/mol. The molecule has 0 aromatic carbocycles. The minimum Gasteiger partial charge on any atom is -0.430 e. The second-order valence-electron chi connectivity index (χ2n) is 1.31. The summed E-state index contributed by atoms with van der Waals surface area (Å²) in [5.74, 6) is 0. The van der Waals surface area contributed by atoms with E-state index in [9.17, 15) is 0 Å². The molecule has 0 aromatic rings. The minimum absolute atomic E-state index is 0.0309. The van der Waals surface area contributed by atoms with Crippen LogP contribution in [-0.2, 0) is 17.4 Å². The van der Waals surface area contributed by atoms with Crippen molar-refractivity contribution in [2.24, 2.45) is 0 Å². The van der Waals surface area contributed by atoms with E-state index in [0.29, 0.717) is 0 Å². The first kappa shape index (κ1) is 12.6. The molecule has 0 saturated carbocycles. The third-order valence-electron chi connectivity index (χ3n) is 0.639. The van der Waals surface area contributed by atoms with Crippen LogP contribution < -0.4 is 0 Å². The number of rotatable bonds is 8. The Balaban J connectivity index is 3.19. The molecule has 2 N–H and O–H groups in total. The van der Waals surface area contributed by atoms with E-state index < -0.39 is 19.5 Å². The Morgan fingerprint density at radius 1 is 1.42 bits per heavy atom. The molecule has 12 heavy (non-hydrogen) atoms. The van der Waals surface area contributed by atoms with Crippen molar-refractivity contribution in [1.82, 2.24) is 0 Å². The summed E-state index contributed by atoms with van der Waals surface area (Å²) in [5, 5.41) is 0. The zero-order chi connectivity index (χ0) is 9.23. The van der Waals surface area contributed by atoms with Crippen LogP contribution in [0.5, 0.6) is 0 Å². The molecule has 0 spiro atoms.